The van der Waals surface area contributed by atoms with Crippen LogP contribution in [0.15, 0.2) is 36.4 Å². The lowest BCUT2D eigenvalue weighted by molar-refractivity contribution is -0.143. The highest BCUT2D eigenvalue weighted by Crippen LogP contribution is 2.24. The number of nitrogens with zero attached hydrogens (tertiary/aromatic N) is 2. The molecule has 0 saturated carbocycles. The van der Waals surface area contributed by atoms with Crippen molar-refractivity contribution in [3.05, 3.63) is 52.8 Å². The molecule has 26 heavy (non-hydrogen) atoms. The summed E-state index contributed by atoms with van der Waals surface area (Å²) in [6.45, 7) is 2.18. The third-order valence-electron chi connectivity index (χ3n) is 3.41. The van der Waals surface area contributed by atoms with E-state index in [4.69, 9.17) is 21.1 Å². The monoisotopic (exact) mass is 377 g/mol. The Morgan fingerprint density at radius 1 is 1.31 bits per heavy atom. The Labute approximate surface area is 156 Å². The molecule has 1 amide bonds. The van der Waals surface area contributed by atoms with Gasteiger partial charge in [0.05, 0.1) is 18.0 Å². The number of rotatable bonds is 8. The maximum absolute atomic E-state index is 11.8. The lowest BCUT2D eigenvalue weighted by Crippen LogP contribution is -2.31. The third-order valence-corrected chi connectivity index (χ3v) is 3.77. The van der Waals surface area contributed by atoms with Crippen LogP contribution in [0.25, 0.3) is 11.8 Å². The molecule has 138 valence electrons. The molecule has 1 aromatic carbocycles. The maximum Gasteiger partial charge on any atom is 0.331 e. The van der Waals surface area contributed by atoms with Crippen LogP contribution in [0, 0.1) is 6.92 Å². The highest BCUT2D eigenvalue weighted by molar-refractivity contribution is 6.31. The number of amides is 1. The highest BCUT2D eigenvalue weighted by atomic mass is 35.5. The van der Waals surface area contributed by atoms with Gasteiger partial charge >= 0.3 is 5.97 Å². The van der Waals surface area contributed by atoms with Crippen molar-refractivity contribution in [2.24, 2.45) is 0 Å². The summed E-state index contributed by atoms with van der Waals surface area (Å²) in [4.78, 5) is 23.2. The Balaban J connectivity index is 1.97. The molecule has 0 radical (unpaired) electrons. The zero-order valence-corrected chi connectivity index (χ0v) is 15.3. The van der Waals surface area contributed by atoms with Gasteiger partial charge in [-0.2, -0.15) is 5.10 Å². The molecule has 2 aromatic rings. The fraction of sp³-hybridized carbons (Fsp3) is 0.278. The van der Waals surface area contributed by atoms with Gasteiger partial charge in [0.2, 0.25) is 0 Å². The first-order chi connectivity index (χ1) is 12.5. The topological polar surface area (TPSA) is 82.4 Å². The van der Waals surface area contributed by atoms with Crippen molar-refractivity contribution in [1.82, 2.24) is 15.1 Å². The minimum absolute atomic E-state index is 0.357. The standard InChI is InChI=1S/C18H20ClN3O4/c1-13-15(18(19)22(21-13)14-6-4-3-5-7-14)8-9-17(24)26-12-16(23)20-10-11-25-2/h3-9H,10-12H2,1-2H3,(H,20,23)/b9-8+. The van der Waals surface area contributed by atoms with E-state index in [1.54, 1.807) is 11.6 Å². The number of para-hydroxylation sites is 1. The fourth-order valence-electron chi connectivity index (χ4n) is 2.12. The van der Waals surface area contributed by atoms with Gasteiger partial charge in [-0.05, 0) is 25.1 Å². The zero-order chi connectivity index (χ0) is 18.9. The molecule has 0 saturated heterocycles. The largest absolute Gasteiger partial charge is 0.452 e. The summed E-state index contributed by atoms with van der Waals surface area (Å²) in [6, 6.07) is 9.42. The minimum atomic E-state index is -0.644. The van der Waals surface area contributed by atoms with Crippen LogP contribution in [0.5, 0.6) is 0 Å². The second-order valence-corrected chi connectivity index (χ2v) is 5.68. The Bertz CT molecular complexity index is 787. The number of aromatic nitrogens is 2. The molecule has 0 unspecified atom stereocenters. The van der Waals surface area contributed by atoms with Gasteiger partial charge in [-0.3, -0.25) is 4.79 Å². The molecular weight excluding hydrogens is 358 g/mol. The van der Waals surface area contributed by atoms with Crippen molar-refractivity contribution < 1.29 is 19.1 Å². The number of methoxy groups -OCH3 is 1. The predicted molar refractivity (Wildman–Crippen MR) is 98.2 cm³/mol. The Morgan fingerprint density at radius 3 is 2.73 bits per heavy atom. The van der Waals surface area contributed by atoms with Crippen LogP contribution >= 0.6 is 11.6 Å². The van der Waals surface area contributed by atoms with Crippen LogP contribution in [0.1, 0.15) is 11.3 Å². The van der Waals surface area contributed by atoms with Crippen molar-refractivity contribution in [2.45, 2.75) is 6.92 Å². The summed E-state index contributed by atoms with van der Waals surface area (Å²) in [5.74, 6) is -1.04. The molecule has 0 spiro atoms. The number of aryl methyl sites for hydroxylation is 1. The van der Waals surface area contributed by atoms with Crippen LogP contribution in [-0.4, -0.2) is 48.5 Å². The van der Waals surface area contributed by atoms with E-state index in [1.807, 2.05) is 30.3 Å². The third kappa shape index (κ3) is 5.44. The van der Waals surface area contributed by atoms with Gasteiger partial charge in [0.25, 0.3) is 5.91 Å². The maximum atomic E-state index is 11.8. The van der Waals surface area contributed by atoms with E-state index in [9.17, 15) is 9.59 Å². The molecule has 1 N–H and O–H groups in total. The summed E-state index contributed by atoms with van der Waals surface area (Å²) in [7, 11) is 1.53. The normalized spacial score (nSPS) is 10.9. The van der Waals surface area contributed by atoms with Gasteiger partial charge in [0.1, 0.15) is 5.15 Å². The highest BCUT2D eigenvalue weighted by Gasteiger charge is 2.13. The average Bonchev–Trinajstić information content (AvgIpc) is 2.93. The first-order valence-corrected chi connectivity index (χ1v) is 8.31. The number of carbonyl (C=O) groups is 2. The van der Waals surface area contributed by atoms with Crippen molar-refractivity contribution in [1.29, 1.82) is 0 Å². The Hall–Kier alpha value is -2.64. The molecular formula is C18H20ClN3O4. The first kappa shape index (κ1) is 19.7. The molecule has 8 heteroatoms. The molecule has 0 atom stereocenters. The van der Waals surface area contributed by atoms with E-state index < -0.39 is 11.9 Å². The van der Waals surface area contributed by atoms with Gasteiger partial charge in [-0.25, -0.2) is 9.48 Å². The molecule has 7 nitrogen and oxygen atoms in total. The smallest absolute Gasteiger partial charge is 0.331 e. The first-order valence-electron chi connectivity index (χ1n) is 7.94. The number of esters is 1. The molecule has 0 bridgehead atoms. The molecule has 0 aliphatic rings. The van der Waals surface area contributed by atoms with Crippen LogP contribution in [0.2, 0.25) is 5.15 Å². The number of hydrogen-bond acceptors (Lipinski definition) is 5. The van der Waals surface area contributed by atoms with E-state index in [2.05, 4.69) is 10.4 Å². The van der Waals surface area contributed by atoms with Gasteiger partial charge in [-0.1, -0.05) is 29.8 Å². The van der Waals surface area contributed by atoms with Crippen LogP contribution in [0.3, 0.4) is 0 Å². The van der Waals surface area contributed by atoms with Crippen LogP contribution in [-0.2, 0) is 19.1 Å². The molecule has 1 heterocycles. The van der Waals surface area contributed by atoms with Crippen molar-refractivity contribution in [3.8, 4) is 5.69 Å². The van der Waals surface area contributed by atoms with E-state index in [-0.39, 0.29) is 6.61 Å². The Morgan fingerprint density at radius 2 is 2.04 bits per heavy atom. The number of ether oxygens (including phenoxy) is 2. The number of hydrogen-bond donors (Lipinski definition) is 1. The van der Waals surface area contributed by atoms with Crippen molar-refractivity contribution in [2.75, 3.05) is 26.9 Å². The zero-order valence-electron chi connectivity index (χ0n) is 14.6. The van der Waals surface area contributed by atoms with Gasteiger partial charge in [0, 0.05) is 25.3 Å². The van der Waals surface area contributed by atoms with E-state index in [1.165, 1.54) is 19.3 Å². The number of benzene rings is 1. The summed E-state index contributed by atoms with van der Waals surface area (Å²) in [6.07, 6.45) is 2.74. The molecule has 0 aliphatic heterocycles. The number of halogens is 1. The average molecular weight is 378 g/mol. The van der Waals surface area contributed by atoms with E-state index >= 15 is 0 Å². The van der Waals surface area contributed by atoms with Crippen LogP contribution in [0.4, 0.5) is 0 Å². The molecule has 0 fully saturated rings. The van der Waals surface area contributed by atoms with Crippen molar-refractivity contribution in [3.63, 3.8) is 0 Å². The minimum Gasteiger partial charge on any atom is -0.452 e. The van der Waals surface area contributed by atoms with Gasteiger partial charge < -0.3 is 14.8 Å². The summed E-state index contributed by atoms with van der Waals surface area (Å²) >= 11 is 6.37. The SMILES string of the molecule is COCCNC(=O)COC(=O)/C=C/c1c(C)nn(-c2ccccc2)c1Cl. The Kier molecular flexibility index (Phi) is 7.37. The second-order valence-electron chi connectivity index (χ2n) is 5.32. The summed E-state index contributed by atoms with van der Waals surface area (Å²) < 4.78 is 11.3. The molecule has 0 aliphatic carbocycles. The fourth-order valence-corrected chi connectivity index (χ4v) is 2.46. The number of nitrogens with one attached hydrogen (secondary N) is 1. The lowest BCUT2D eigenvalue weighted by Gasteiger charge is -2.04. The van der Waals surface area contributed by atoms with E-state index in [0.29, 0.717) is 29.6 Å². The lowest BCUT2D eigenvalue weighted by atomic mass is 10.2. The van der Waals surface area contributed by atoms with Gasteiger partial charge in [0.15, 0.2) is 6.61 Å². The van der Waals surface area contributed by atoms with Crippen molar-refractivity contribution >= 4 is 29.6 Å². The molecule has 1 aromatic heterocycles. The van der Waals surface area contributed by atoms with Crippen LogP contribution < -0.4 is 5.32 Å². The summed E-state index contributed by atoms with van der Waals surface area (Å²) in [5, 5.41) is 7.32. The van der Waals surface area contributed by atoms with Gasteiger partial charge in [-0.15, -0.1) is 0 Å². The quantitative estimate of drug-likeness (QED) is 0.433. The number of carbonyl (C=O) groups excluding carboxylic acids is 2. The molecule has 2 rings (SSSR count). The van der Waals surface area contributed by atoms with E-state index in [0.717, 1.165) is 5.69 Å². The summed E-state index contributed by atoms with van der Waals surface area (Å²) in [5.41, 5.74) is 2.09. The predicted octanol–water partition coefficient (Wildman–Crippen LogP) is 2.15. The second kappa shape index (κ2) is 9.74.